The predicted molar refractivity (Wildman–Crippen MR) is 104 cm³/mol. The van der Waals surface area contributed by atoms with Crippen molar-refractivity contribution in [2.24, 2.45) is 0 Å². The number of hydrogen-bond donors (Lipinski definition) is 1. The third-order valence-electron chi connectivity index (χ3n) is 4.73. The van der Waals surface area contributed by atoms with Gasteiger partial charge in [0.25, 0.3) is 5.91 Å². The zero-order valence-corrected chi connectivity index (χ0v) is 14.7. The molecule has 2 heterocycles. The van der Waals surface area contributed by atoms with E-state index in [0.29, 0.717) is 5.69 Å². The molecule has 0 radical (unpaired) electrons. The van der Waals surface area contributed by atoms with E-state index in [0.717, 1.165) is 48.3 Å². The second kappa shape index (κ2) is 7.14. The van der Waals surface area contributed by atoms with Crippen molar-refractivity contribution in [2.75, 3.05) is 36.5 Å². The van der Waals surface area contributed by atoms with Crippen molar-refractivity contribution in [3.05, 3.63) is 66.0 Å². The van der Waals surface area contributed by atoms with Crippen LogP contribution >= 0.6 is 0 Å². The Bertz CT molecular complexity index is 949. The second-order valence-corrected chi connectivity index (χ2v) is 6.40. The Kier molecular flexibility index (Phi) is 4.54. The number of amides is 1. The van der Waals surface area contributed by atoms with Crippen LogP contribution in [-0.2, 0) is 4.74 Å². The molecule has 0 bridgehead atoms. The molecule has 1 N–H and O–H groups in total. The fourth-order valence-electron chi connectivity index (χ4n) is 3.38. The quantitative estimate of drug-likeness (QED) is 0.786. The van der Waals surface area contributed by atoms with Crippen LogP contribution in [0.15, 0.2) is 54.7 Å². The number of carbonyl (C=O) groups is 1. The van der Waals surface area contributed by atoms with Crippen molar-refractivity contribution in [3.8, 4) is 0 Å². The number of benzene rings is 2. The molecule has 5 heteroatoms. The third-order valence-corrected chi connectivity index (χ3v) is 4.73. The lowest BCUT2D eigenvalue weighted by Gasteiger charge is -2.30. The van der Waals surface area contributed by atoms with Gasteiger partial charge in [-0.3, -0.25) is 9.78 Å². The van der Waals surface area contributed by atoms with Crippen LogP contribution in [0.25, 0.3) is 10.8 Å². The molecule has 5 nitrogen and oxygen atoms in total. The molecule has 1 fully saturated rings. The summed E-state index contributed by atoms with van der Waals surface area (Å²) < 4.78 is 5.46. The molecule has 1 aromatic heterocycles. The summed E-state index contributed by atoms with van der Waals surface area (Å²) in [5.41, 5.74) is 3.29. The molecule has 0 unspecified atom stereocenters. The third kappa shape index (κ3) is 3.13. The van der Waals surface area contributed by atoms with E-state index < -0.39 is 0 Å². The van der Waals surface area contributed by atoms with Gasteiger partial charge in [0.1, 0.15) is 5.69 Å². The van der Waals surface area contributed by atoms with E-state index in [1.807, 2.05) is 43.3 Å². The lowest BCUT2D eigenvalue weighted by Crippen LogP contribution is -2.36. The van der Waals surface area contributed by atoms with Gasteiger partial charge in [0.2, 0.25) is 0 Å². The molecule has 2 aromatic carbocycles. The molecule has 0 atom stereocenters. The number of ether oxygens (including phenoxy) is 1. The first-order valence-electron chi connectivity index (χ1n) is 8.81. The first-order chi connectivity index (χ1) is 12.7. The van der Waals surface area contributed by atoms with Crippen LogP contribution in [0.2, 0.25) is 0 Å². The van der Waals surface area contributed by atoms with Crippen LogP contribution in [0.5, 0.6) is 0 Å². The van der Waals surface area contributed by atoms with Crippen molar-refractivity contribution in [1.82, 2.24) is 4.98 Å². The number of nitrogens with one attached hydrogen (secondary N) is 1. The molecule has 1 aliphatic heterocycles. The molecule has 0 spiro atoms. The van der Waals surface area contributed by atoms with Gasteiger partial charge in [-0.05, 0) is 30.7 Å². The molecule has 26 heavy (non-hydrogen) atoms. The Morgan fingerprint density at radius 2 is 1.81 bits per heavy atom. The van der Waals surface area contributed by atoms with E-state index in [1.165, 1.54) is 5.69 Å². The molecule has 0 saturated carbocycles. The monoisotopic (exact) mass is 347 g/mol. The lowest BCUT2D eigenvalue weighted by atomic mass is 10.1. The van der Waals surface area contributed by atoms with Gasteiger partial charge in [-0.1, -0.05) is 30.3 Å². The van der Waals surface area contributed by atoms with Crippen LogP contribution in [0, 0.1) is 6.92 Å². The summed E-state index contributed by atoms with van der Waals surface area (Å²) in [6.07, 6.45) is 1.64. The number of rotatable bonds is 3. The molecule has 1 aliphatic rings. The summed E-state index contributed by atoms with van der Waals surface area (Å²) in [4.78, 5) is 19.2. The molecule has 1 saturated heterocycles. The molecule has 1 amide bonds. The highest BCUT2D eigenvalue weighted by Crippen LogP contribution is 2.33. The number of aromatic nitrogens is 1. The summed E-state index contributed by atoms with van der Waals surface area (Å²) in [5, 5.41) is 5.18. The maximum Gasteiger partial charge on any atom is 0.274 e. The van der Waals surface area contributed by atoms with Crippen LogP contribution in [0.3, 0.4) is 0 Å². The summed E-state index contributed by atoms with van der Waals surface area (Å²) in [5.74, 6) is -0.188. The van der Waals surface area contributed by atoms with E-state index in [1.54, 1.807) is 6.20 Å². The van der Waals surface area contributed by atoms with Gasteiger partial charge in [-0.15, -0.1) is 0 Å². The van der Waals surface area contributed by atoms with E-state index in [-0.39, 0.29) is 5.91 Å². The molecule has 4 rings (SSSR count). The molecular weight excluding hydrogens is 326 g/mol. The van der Waals surface area contributed by atoms with Gasteiger partial charge in [0.15, 0.2) is 0 Å². The molecule has 3 aromatic rings. The molecule has 0 aliphatic carbocycles. The van der Waals surface area contributed by atoms with Gasteiger partial charge >= 0.3 is 0 Å². The van der Waals surface area contributed by atoms with E-state index >= 15 is 0 Å². The minimum atomic E-state index is -0.188. The van der Waals surface area contributed by atoms with E-state index in [2.05, 4.69) is 27.3 Å². The van der Waals surface area contributed by atoms with Crippen molar-refractivity contribution >= 4 is 28.1 Å². The number of carbonyl (C=O) groups excluding carboxylic acids is 1. The highest BCUT2D eigenvalue weighted by molar-refractivity contribution is 6.11. The lowest BCUT2D eigenvalue weighted by molar-refractivity contribution is 0.102. The maximum atomic E-state index is 12.7. The number of anilines is 2. The fourth-order valence-corrected chi connectivity index (χ4v) is 3.38. The minimum absolute atomic E-state index is 0.188. The summed E-state index contributed by atoms with van der Waals surface area (Å²) in [6.45, 7) is 5.13. The smallest absolute Gasteiger partial charge is 0.274 e. The van der Waals surface area contributed by atoms with E-state index in [9.17, 15) is 4.79 Å². The van der Waals surface area contributed by atoms with Crippen molar-refractivity contribution < 1.29 is 9.53 Å². The number of aryl methyl sites for hydroxylation is 1. The predicted octanol–water partition coefficient (Wildman–Crippen LogP) is 3.63. The van der Waals surface area contributed by atoms with Gasteiger partial charge in [0, 0.05) is 41.4 Å². The summed E-state index contributed by atoms with van der Waals surface area (Å²) in [7, 11) is 0. The number of pyridine rings is 1. The van der Waals surface area contributed by atoms with Crippen LogP contribution in [0.4, 0.5) is 11.4 Å². The van der Waals surface area contributed by atoms with Crippen molar-refractivity contribution in [1.29, 1.82) is 0 Å². The Labute approximate surface area is 152 Å². The average molecular weight is 347 g/mol. The van der Waals surface area contributed by atoms with Crippen LogP contribution in [0.1, 0.15) is 16.1 Å². The van der Waals surface area contributed by atoms with Crippen molar-refractivity contribution in [3.63, 3.8) is 0 Å². The van der Waals surface area contributed by atoms with Crippen LogP contribution in [-0.4, -0.2) is 37.2 Å². The topological polar surface area (TPSA) is 54.5 Å². The normalized spacial score (nSPS) is 14.4. The second-order valence-electron chi connectivity index (χ2n) is 6.40. The maximum absolute atomic E-state index is 12.7. The zero-order valence-electron chi connectivity index (χ0n) is 14.7. The average Bonchev–Trinajstić information content (AvgIpc) is 2.69. The van der Waals surface area contributed by atoms with E-state index in [4.69, 9.17) is 4.74 Å². The Balaban J connectivity index is 1.70. The highest BCUT2D eigenvalue weighted by atomic mass is 16.5. The van der Waals surface area contributed by atoms with Crippen molar-refractivity contribution in [2.45, 2.75) is 6.92 Å². The number of hydrogen-bond acceptors (Lipinski definition) is 4. The van der Waals surface area contributed by atoms with Crippen LogP contribution < -0.4 is 10.2 Å². The van der Waals surface area contributed by atoms with Gasteiger partial charge in [-0.2, -0.15) is 0 Å². The minimum Gasteiger partial charge on any atom is -0.378 e. The van der Waals surface area contributed by atoms with Gasteiger partial charge < -0.3 is 15.0 Å². The first kappa shape index (κ1) is 16.5. The Morgan fingerprint density at radius 1 is 1.04 bits per heavy atom. The highest BCUT2D eigenvalue weighted by Gasteiger charge is 2.17. The summed E-state index contributed by atoms with van der Waals surface area (Å²) in [6, 6.07) is 15.9. The number of fused-ring (bicyclic) bond motifs is 1. The zero-order chi connectivity index (χ0) is 17.9. The fraction of sp³-hybridized carbons (Fsp3) is 0.238. The molecule has 132 valence electrons. The number of nitrogens with zero attached hydrogens (tertiary/aromatic N) is 2. The SMILES string of the molecule is Cc1cccnc1C(=O)Nc1ccc(N2CCOCC2)c2ccccc12. The number of morpholine rings is 1. The van der Waals surface area contributed by atoms with Gasteiger partial charge in [-0.25, -0.2) is 0 Å². The Hall–Kier alpha value is -2.92. The largest absolute Gasteiger partial charge is 0.378 e. The summed E-state index contributed by atoms with van der Waals surface area (Å²) >= 11 is 0. The van der Waals surface area contributed by atoms with Gasteiger partial charge in [0.05, 0.1) is 13.2 Å². The Morgan fingerprint density at radius 3 is 2.58 bits per heavy atom. The first-order valence-corrected chi connectivity index (χ1v) is 8.81. The molecular formula is C21H21N3O2. The standard InChI is InChI=1S/C21H21N3O2/c1-15-5-4-10-22-20(15)21(25)23-18-8-9-19(24-11-13-26-14-12-24)17-7-3-2-6-16(17)18/h2-10H,11-14H2,1H3,(H,23,25).